The first kappa shape index (κ1) is 17.2. The lowest BCUT2D eigenvalue weighted by Gasteiger charge is -2.20. The fraction of sp³-hybridized carbons (Fsp3) is 0.167. The molecule has 2 aromatic heterocycles. The molecule has 0 N–H and O–H groups in total. The maximum absolute atomic E-state index is 4.98. The van der Waals surface area contributed by atoms with Crippen LogP contribution in [-0.2, 0) is 0 Å². The van der Waals surface area contributed by atoms with Crippen molar-refractivity contribution in [2.75, 3.05) is 18.0 Å². The van der Waals surface area contributed by atoms with Crippen molar-refractivity contribution in [2.45, 2.75) is 13.8 Å². The Bertz CT molecular complexity index is 1040. The quantitative estimate of drug-likeness (QED) is 0.467. The molecule has 0 aliphatic carbocycles. The normalized spacial score (nSPS) is 10.9. The molecule has 0 aliphatic heterocycles. The summed E-state index contributed by atoms with van der Waals surface area (Å²) in [6, 6.07) is 27.7. The first-order valence-electron chi connectivity index (χ1n) is 9.38. The average molecular weight is 352 g/mol. The van der Waals surface area contributed by atoms with Crippen LogP contribution in [0.3, 0.4) is 0 Å². The van der Waals surface area contributed by atoms with Crippen LogP contribution in [0, 0.1) is 6.07 Å². The van der Waals surface area contributed by atoms with Crippen LogP contribution >= 0.6 is 0 Å². The Morgan fingerprint density at radius 3 is 2.22 bits per heavy atom. The molecule has 0 spiro atoms. The number of aromatic nitrogens is 2. The Balaban J connectivity index is 1.95. The smallest absolute Gasteiger partial charge is 0.129 e. The minimum atomic E-state index is 0.911. The van der Waals surface area contributed by atoms with Gasteiger partial charge in [-0.25, -0.2) is 9.97 Å². The highest BCUT2D eigenvalue weighted by Crippen LogP contribution is 2.33. The number of fused-ring (bicyclic) bond motifs is 1. The fourth-order valence-corrected chi connectivity index (χ4v) is 3.37. The maximum Gasteiger partial charge on any atom is 0.129 e. The Morgan fingerprint density at radius 1 is 0.778 bits per heavy atom. The predicted molar refractivity (Wildman–Crippen MR) is 113 cm³/mol. The minimum Gasteiger partial charge on any atom is -0.357 e. The highest BCUT2D eigenvalue weighted by Gasteiger charge is 2.13. The number of pyridine rings is 2. The third-order valence-corrected chi connectivity index (χ3v) is 4.82. The number of nitrogens with zero attached hydrogens (tertiary/aromatic N) is 3. The van der Waals surface area contributed by atoms with E-state index in [4.69, 9.17) is 9.97 Å². The summed E-state index contributed by atoms with van der Waals surface area (Å²) in [5.41, 5.74) is 6.13. The van der Waals surface area contributed by atoms with Crippen molar-refractivity contribution in [3.63, 3.8) is 0 Å². The molecule has 27 heavy (non-hydrogen) atoms. The van der Waals surface area contributed by atoms with Crippen molar-refractivity contribution >= 4 is 16.9 Å². The van der Waals surface area contributed by atoms with Crippen LogP contribution in [0.2, 0.25) is 0 Å². The summed E-state index contributed by atoms with van der Waals surface area (Å²) in [6.45, 7) is 6.18. The van der Waals surface area contributed by atoms with Crippen LogP contribution in [0.1, 0.15) is 13.8 Å². The van der Waals surface area contributed by atoms with Crippen molar-refractivity contribution in [1.29, 1.82) is 0 Å². The van der Waals surface area contributed by atoms with Crippen molar-refractivity contribution in [2.24, 2.45) is 0 Å². The van der Waals surface area contributed by atoms with E-state index in [0.29, 0.717) is 0 Å². The zero-order valence-corrected chi connectivity index (χ0v) is 15.7. The van der Waals surface area contributed by atoms with Gasteiger partial charge in [0.1, 0.15) is 5.82 Å². The third-order valence-electron chi connectivity index (χ3n) is 4.82. The molecule has 2 aromatic carbocycles. The molecule has 133 valence electrons. The number of benzene rings is 2. The van der Waals surface area contributed by atoms with Crippen molar-refractivity contribution < 1.29 is 0 Å². The number of anilines is 1. The second-order valence-electron chi connectivity index (χ2n) is 6.42. The van der Waals surface area contributed by atoms with Gasteiger partial charge in [0.05, 0.1) is 16.7 Å². The van der Waals surface area contributed by atoms with E-state index in [1.54, 1.807) is 0 Å². The van der Waals surface area contributed by atoms with Gasteiger partial charge in [-0.15, -0.1) is 0 Å². The zero-order valence-electron chi connectivity index (χ0n) is 15.7. The summed E-state index contributed by atoms with van der Waals surface area (Å²) in [5.74, 6) is 0.996. The van der Waals surface area contributed by atoms with Gasteiger partial charge < -0.3 is 4.90 Å². The fourth-order valence-electron chi connectivity index (χ4n) is 3.37. The molecule has 0 amide bonds. The molecule has 3 nitrogen and oxygen atoms in total. The molecule has 4 rings (SSSR count). The maximum atomic E-state index is 4.98. The molecule has 0 fully saturated rings. The van der Waals surface area contributed by atoms with Gasteiger partial charge in [-0.1, -0.05) is 54.6 Å². The second-order valence-corrected chi connectivity index (χ2v) is 6.42. The van der Waals surface area contributed by atoms with E-state index >= 15 is 0 Å². The van der Waals surface area contributed by atoms with Crippen molar-refractivity contribution in [1.82, 2.24) is 9.97 Å². The summed E-state index contributed by atoms with van der Waals surface area (Å²) in [5, 5.41) is 0. The van der Waals surface area contributed by atoms with Gasteiger partial charge in [0.25, 0.3) is 0 Å². The summed E-state index contributed by atoms with van der Waals surface area (Å²) < 4.78 is 0. The predicted octanol–water partition coefficient (Wildman–Crippen LogP) is 5.61. The monoisotopic (exact) mass is 352 g/mol. The van der Waals surface area contributed by atoms with Crippen molar-refractivity contribution in [3.8, 4) is 22.4 Å². The van der Waals surface area contributed by atoms with Gasteiger partial charge in [0.15, 0.2) is 0 Å². The van der Waals surface area contributed by atoms with Gasteiger partial charge in [-0.3, -0.25) is 0 Å². The van der Waals surface area contributed by atoms with Crippen LogP contribution in [0.5, 0.6) is 0 Å². The SMILES string of the molecule is CCN(CC)c1ccc2nc(-c3cc[c]cc3)c(-c3ccccc3)cc2n1. The van der Waals surface area contributed by atoms with Gasteiger partial charge >= 0.3 is 0 Å². The van der Waals surface area contributed by atoms with E-state index in [1.165, 1.54) is 0 Å². The van der Waals surface area contributed by atoms with Gasteiger partial charge in [-0.2, -0.15) is 0 Å². The van der Waals surface area contributed by atoms with E-state index in [9.17, 15) is 0 Å². The number of hydrogen-bond acceptors (Lipinski definition) is 3. The van der Waals surface area contributed by atoms with Crippen LogP contribution in [0.4, 0.5) is 5.82 Å². The molecule has 0 atom stereocenters. The highest BCUT2D eigenvalue weighted by molar-refractivity contribution is 5.90. The van der Waals surface area contributed by atoms with E-state index in [-0.39, 0.29) is 0 Å². The molecular weight excluding hydrogens is 330 g/mol. The third kappa shape index (κ3) is 3.41. The Labute approximate surface area is 160 Å². The average Bonchev–Trinajstić information content (AvgIpc) is 2.75. The van der Waals surface area contributed by atoms with Crippen LogP contribution in [0.25, 0.3) is 33.4 Å². The molecule has 0 saturated carbocycles. The molecule has 3 heteroatoms. The second kappa shape index (κ2) is 7.58. The summed E-state index contributed by atoms with van der Waals surface area (Å²) in [7, 11) is 0. The topological polar surface area (TPSA) is 29.0 Å². The van der Waals surface area contributed by atoms with E-state index < -0.39 is 0 Å². The Kier molecular flexibility index (Phi) is 4.84. The minimum absolute atomic E-state index is 0.911. The Morgan fingerprint density at radius 2 is 1.52 bits per heavy atom. The largest absolute Gasteiger partial charge is 0.357 e. The van der Waals surface area contributed by atoms with Crippen molar-refractivity contribution in [3.05, 3.63) is 78.9 Å². The van der Waals surface area contributed by atoms with Crippen LogP contribution < -0.4 is 4.90 Å². The van der Waals surface area contributed by atoms with Crippen LogP contribution in [-0.4, -0.2) is 23.1 Å². The summed E-state index contributed by atoms with van der Waals surface area (Å²) in [4.78, 5) is 12.1. The van der Waals surface area contributed by atoms with E-state index in [0.717, 1.165) is 52.3 Å². The summed E-state index contributed by atoms with van der Waals surface area (Å²) in [6.07, 6.45) is 0. The molecule has 1 radical (unpaired) electrons. The zero-order chi connectivity index (χ0) is 18.6. The molecule has 0 bridgehead atoms. The molecule has 2 heterocycles. The first-order valence-corrected chi connectivity index (χ1v) is 9.38. The lowest BCUT2D eigenvalue weighted by molar-refractivity contribution is 0.849. The molecule has 0 unspecified atom stereocenters. The van der Waals surface area contributed by atoms with Gasteiger partial charge in [0, 0.05) is 24.2 Å². The lowest BCUT2D eigenvalue weighted by atomic mass is 9.98. The standard InChI is InChI=1S/C24H22N3/c1-3-27(4-2)23-16-15-21-22(25-23)17-20(18-11-7-5-8-12-18)24(26-21)19-13-9-6-10-14-19/h5,7-17H,3-4H2,1-2H3. The lowest BCUT2D eigenvalue weighted by Crippen LogP contribution is -2.22. The number of rotatable bonds is 5. The molecule has 0 aliphatic rings. The number of hydrogen-bond donors (Lipinski definition) is 0. The summed E-state index contributed by atoms with van der Waals surface area (Å²) >= 11 is 0. The molecule has 4 aromatic rings. The Hall–Kier alpha value is -3.20. The highest BCUT2D eigenvalue weighted by atomic mass is 15.2. The van der Waals surface area contributed by atoms with Gasteiger partial charge in [0.2, 0.25) is 0 Å². The molecule has 0 saturated heterocycles. The van der Waals surface area contributed by atoms with Gasteiger partial charge in [-0.05, 0) is 43.7 Å². The molecular formula is C24H22N3. The van der Waals surface area contributed by atoms with E-state index in [1.807, 2.05) is 18.2 Å². The van der Waals surface area contributed by atoms with E-state index in [2.05, 4.69) is 79.4 Å². The van der Waals surface area contributed by atoms with Crippen LogP contribution in [0.15, 0.2) is 72.8 Å². The first-order chi connectivity index (χ1) is 13.3.